The quantitative estimate of drug-likeness (QED) is 0.717. The molecule has 0 amide bonds. The zero-order valence-corrected chi connectivity index (χ0v) is 17.0. The van der Waals surface area contributed by atoms with Crippen molar-refractivity contribution < 1.29 is 24.1 Å². The third kappa shape index (κ3) is 4.41. The van der Waals surface area contributed by atoms with Gasteiger partial charge in [0.1, 0.15) is 11.6 Å². The molecule has 152 valence electrons. The molecule has 0 bridgehead atoms. The number of aliphatic hydroxyl groups excluding tert-OH is 1. The van der Waals surface area contributed by atoms with Crippen LogP contribution in [0, 0.1) is 0 Å². The number of rotatable bonds is 6. The third-order valence-electron chi connectivity index (χ3n) is 4.88. The number of cyclic esters (lactones) is 1. The number of carbonyl (C=O) groups is 1. The minimum atomic E-state index is -0.960. The first-order valence-corrected chi connectivity index (χ1v) is 8.86. The molecule has 2 N–H and O–H groups in total. The monoisotopic (exact) mass is 407 g/mol. The summed E-state index contributed by atoms with van der Waals surface area (Å²) in [5.41, 5.74) is 0.790. The lowest BCUT2D eigenvalue weighted by atomic mass is 9.87. The predicted molar refractivity (Wildman–Crippen MR) is 108 cm³/mol. The molecule has 28 heavy (non-hydrogen) atoms. The number of nitrogens with one attached hydrogen (secondary N) is 1. The van der Waals surface area contributed by atoms with Crippen molar-refractivity contribution in [2.45, 2.75) is 31.0 Å². The highest BCUT2D eigenvalue weighted by Gasteiger charge is 2.45. The van der Waals surface area contributed by atoms with Gasteiger partial charge in [0.2, 0.25) is 0 Å². The highest BCUT2D eigenvalue weighted by Crippen LogP contribution is 2.33. The maximum atomic E-state index is 12.8. The van der Waals surface area contributed by atoms with Crippen LogP contribution in [0.1, 0.15) is 24.2 Å². The molecule has 3 unspecified atom stereocenters. The molecular formula is C21H26ClNO5. The number of benzene rings is 2. The van der Waals surface area contributed by atoms with Gasteiger partial charge in [-0.25, -0.2) is 0 Å². The lowest BCUT2D eigenvalue weighted by molar-refractivity contribution is -0.169. The summed E-state index contributed by atoms with van der Waals surface area (Å²) in [6.45, 7) is 1.64. The highest BCUT2D eigenvalue weighted by molar-refractivity contribution is 5.85. The Bertz CT molecular complexity index is 801. The van der Waals surface area contributed by atoms with E-state index >= 15 is 0 Å². The second-order valence-corrected chi connectivity index (χ2v) is 6.87. The summed E-state index contributed by atoms with van der Waals surface area (Å²) in [5, 5.41) is 13.2. The first-order chi connectivity index (χ1) is 13.0. The highest BCUT2D eigenvalue weighted by atomic mass is 35.5. The van der Waals surface area contributed by atoms with Gasteiger partial charge in [0.25, 0.3) is 0 Å². The van der Waals surface area contributed by atoms with Gasteiger partial charge in [-0.1, -0.05) is 36.4 Å². The number of ether oxygens (including phenoxy) is 3. The standard InChI is InChI=1S/C21H25NO5.ClH/c1-21(12-14-9-10-17(25-2)18(11-14)26-3)20(24)27-19(16(13-23)22-21)15-7-5-4-6-8-15;/h4-11,16,19,22-23H,12-13H2,1-3H3;1H. The summed E-state index contributed by atoms with van der Waals surface area (Å²) < 4.78 is 16.3. The van der Waals surface area contributed by atoms with Crippen LogP contribution in [0.4, 0.5) is 0 Å². The second-order valence-electron chi connectivity index (χ2n) is 6.87. The number of hydrogen-bond acceptors (Lipinski definition) is 6. The molecule has 3 rings (SSSR count). The summed E-state index contributed by atoms with van der Waals surface area (Å²) >= 11 is 0. The number of carbonyl (C=O) groups excluding carboxylic acids is 1. The van der Waals surface area contributed by atoms with Gasteiger partial charge in [0, 0.05) is 6.42 Å². The second kappa shape index (κ2) is 9.28. The fourth-order valence-corrected chi connectivity index (χ4v) is 3.48. The summed E-state index contributed by atoms with van der Waals surface area (Å²) in [6.07, 6.45) is -0.133. The van der Waals surface area contributed by atoms with E-state index in [9.17, 15) is 9.90 Å². The van der Waals surface area contributed by atoms with Crippen LogP contribution in [-0.2, 0) is 16.0 Å². The van der Waals surface area contributed by atoms with Crippen LogP contribution in [0.5, 0.6) is 11.5 Å². The predicted octanol–water partition coefficient (Wildman–Crippen LogP) is 2.68. The number of hydrogen-bond donors (Lipinski definition) is 2. The maximum absolute atomic E-state index is 12.8. The van der Waals surface area contributed by atoms with Gasteiger partial charge in [-0.2, -0.15) is 0 Å². The van der Waals surface area contributed by atoms with E-state index in [4.69, 9.17) is 14.2 Å². The summed E-state index contributed by atoms with van der Waals surface area (Å²) in [4.78, 5) is 12.8. The van der Waals surface area contributed by atoms with Crippen molar-refractivity contribution in [3.63, 3.8) is 0 Å². The molecule has 0 aliphatic carbocycles. The van der Waals surface area contributed by atoms with Gasteiger partial charge >= 0.3 is 5.97 Å². The summed E-state index contributed by atoms with van der Waals surface area (Å²) in [6, 6.07) is 14.6. The number of morpholine rings is 1. The van der Waals surface area contributed by atoms with Crippen molar-refractivity contribution in [3.05, 3.63) is 59.7 Å². The lowest BCUT2D eigenvalue weighted by Gasteiger charge is -2.42. The molecule has 0 aromatic heterocycles. The fraction of sp³-hybridized carbons (Fsp3) is 0.381. The summed E-state index contributed by atoms with van der Waals surface area (Å²) in [7, 11) is 3.15. The first kappa shape index (κ1) is 22.0. The van der Waals surface area contributed by atoms with E-state index in [0.29, 0.717) is 17.9 Å². The molecular weight excluding hydrogens is 382 g/mol. The molecule has 1 heterocycles. The lowest BCUT2D eigenvalue weighted by Crippen LogP contribution is -2.63. The Hall–Kier alpha value is -2.28. The molecule has 3 atom stereocenters. The van der Waals surface area contributed by atoms with E-state index in [1.165, 1.54) is 0 Å². The maximum Gasteiger partial charge on any atom is 0.327 e. The van der Waals surface area contributed by atoms with Crippen molar-refractivity contribution in [3.8, 4) is 11.5 Å². The normalized spacial score (nSPS) is 24.1. The smallest absolute Gasteiger partial charge is 0.327 e. The zero-order chi connectivity index (χ0) is 19.4. The van der Waals surface area contributed by atoms with Crippen molar-refractivity contribution in [2.75, 3.05) is 20.8 Å². The van der Waals surface area contributed by atoms with E-state index in [-0.39, 0.29) is 25.0 Å². The van der Waals surface area contributed by atoms with E-state index in [2.05, 4.69) is 5.32 Å². The van der Waals surface area contributed by atoms with E-state index in [0.717, 1.165) is 11.1 Å². The minimum absolute atomic E-state index is 0. The van der Waals surface area contributed by atoms with Crippen LogP contribution in [0.3, 0.4) is 0 Å². The Kier molecular flexibility index (Phi) is 7.29. The van der Waals surface area contributed by atoms with Crippen molar-refractivity contribution in [1.82, 2.24) is 5.32 Å². The van der Waals surface area contributed by atoms with E-state index in [1.54, 1.807) is 21.1 Å². The number of aliphatic hydroxyl groups is 1. The Morgan fingerprint density at radius 2 is 1.79 bits per heavy atom. The first-order valence-electron chi connectivity index (χ1n) is 8.86. The van der Waals surface area contributed by atoms with Gasteiger partial charge in [-0.05, 0) is 30.2 Å². The average Bonchev–Trinajstić information content (AvgIpc) is 2.70. The van der Waals surface area contributed by atoms with Gasteiger partial charge in [0.05, 0.1) is 26.9 Å². The van der Waals surface area contributed by atoms with Gasteiger partial charge < -0.3 is 19.3 Å². The minimum Gasteiger partial charge on any atom is -0.493 e. The third-order valence-corrected chi connectivity index (χ3v) is 4.88. The summed E-state index contributed by atoms with van der Waals surface area (Å²) in [5.74, 6) is 0.877. The van der Waals surface area contributed by atoms with Crippen LogP contribution in [0.2, 0.25) is 0 Å². The van der Waals surface area contributed by atoms with Gasteiger partial charge in [-0.15, -0.1) is 12.4 Å². The zero-order valence-electron chi connectivity index (χ0n) is 16.2. The number of methoxy groups -OCH3 is 2. The van der Waals surface area contributed by atoms with Crippen LogP contribution in [-0.4, -0.2) is 43.5 Å². The van der Waals surface area contributed by atoms with Crippen LogP contribution < -0.4 is 14.8 Å². The number of esters is 1. The largest absolute Gasteiger partial charge is 0.493 e. The Balaban J connectivity index is 0.00000280. The molecule has 6 nitrogen and oxygen atoms in total. The topological polar surface area (TPSA) is 77.0 Å². The van der Waals surface area contributed by atoms with E-state index in [1.807, 2.05) is 48.5 Å². The Morgan fingerprint density at radius 1 is 1.11 bits per heavy atom. The van der Waals surface area contributed by atoms with Crippen molar-refractivity contribution in [1.29, 1.82) is 0 Å². The molecule has 1 saturated heterocycles. The molecule has 0 saturated carbocycles. The molecule has 1 fully saturated rings. The van der Waals surface area contributed by atoms with E-state index < -0.39 is 17.7 Å². The van der Waals surface area contributed by atoms with Gasteiger partial charge in [-0.3, -0.25) is 10.1 Å². The Labute approximate surface area is 171 Å². The molecule has 7 heteroatoms. The molecule has 1 aliphatic heterocycles. The SMILES string of the molecule is COc1ccc(CC2(C)NC(CO)C(c3ccccc3)OC2=O)cc1OC.Cl. The van der Waals surface area contributed by atoms with Crippen LogP contribution in [0.15, 0.2) is 48.5 Å². The molecule has 2 aromatic rings. The molecule has 2 aromatic carbocycles. The van der Waals surface area contributed by atoms with Crippen LogP contribution in [0.25, 0.3) is 0 Å². The molecule has 0 spiro atoms. The fourth-order valence-electron chi connectivity index (χ4n) is 3.48. The van der Waals surface area contributed by atoms with Crippen LogP contribution >= 0.6 is 12.4 Å². The molecule has 0 radical (unpaired) electrons. The number of halogens is 1. The van der Waals surface area contributed by atoms with Gasteiger partial charge in [0.15, 0.2) is 11.5 Å². The van der Waals surface area contributed by atoms with Crippen molar-refractivity contribution >= 4 is 18.4 Å². The van der Waals surface area contributed by atoms with Crippen molar-refractivity contribution in [2.24, 2.45) is 0 Å². The average molecular weight is 408 g/mol. The molecule has 1 aliphatic rings. The Morgan fingerprint density at radius 3 is 2.39 bits per heavy atom.